The van der Waals surface area contributed by atoms with E-state index in [0.717, 1.165) is 28.8 Å². The molecule has 19 heavy (non-hydrogen) atoms. The molecule has 0 aliphatic heterocycles. The Morgan fingerprint density at radius 2 is 1.68 bits per heavy atom. The molecule has 2 aromatic heterocycles. The van der Waals surface area contributed by atoms with Crippen LogP contribution in [0.4, 0.5) is 13.2 Å². The molecule has 0 aliphatic rings. The number of halogens is 3. The molecule has 0 bridgehead atoms. The molecule has 2 nitrogen and oxygen atoms in total. The summed E-state index contributed by atoms with van der Waals surface area (Å²) in [6, 6.07) is 9.11. The van der Waals surface area contributed by atoms with Gasteiger partial charge in [0, 0.05) is 34.6 Å². The van der Waals surface area contributed by atoms with Crippen molar-refractivity contribution in [2.75, 3.05) is 0 Å². The van der Waals surface area contributed by atoms with Gasteiger partial charge in [-0.15, -0.1) is 0 Å². The number of hydrogen-bond donors (Lipinski definition) is 1. The van der Waals surface area contributed by atoms with Gasteiger partial charge in [0.15, 0.2) is 0 Å². The Kier molecular flexibility index (Phi) is 2.55. The fraction of sp³-hybridized carbons (Fsp3) is 0.0714. The lowest BCUT2D eigenvalue weighted by molar-refractivity contribution is -0.137. The van der Waals surface area contributed by atoms with E-state index in [4.69, 9.17) is 0 Å². The summed E-state index contributed by atoms with van der Waals surface area (Å²) in [6.45, 7) is 0. The van der Waals surface area contributed by atoms with Gasteiger partial charge in [0.2, 0.25) is 0 Å². The van der Waals surface area contributed by atoms with E-state index in [1.165, 1.54) is 6.07 Å². The molecule has 2 heterocycles. The van der Waals surface area contributed by atoms with E-state index in [0.29, 0.717) is 5.52 Å². The molecule has 3 rings (SSSR count). The van der Waals surface area contributed by atoms with Crippen LogP contribution in [0.15, 0.2) is 48.8 Å². The number of rotatable bonds is 1. The third-order valence-electron chi connectivity index (χ3n) is 2.94. The molecular weight excluding hydrogens is 253 g/mol. The Hall–Kier alpha value is -2.30. The van der Waals surface area contributed by atoms with Gasteiger partial charge in [-0.05, 0) is 30.3 Å². The molecule has 0 fully saturated rings. The van der Waals surface area contributed by atoms with Crippen molar-refractivity contribution in [2.45, 2.75) is 6.18 Å². The minimum atomic E-state index is -4.32. The van der Waals surface area contributed by atoms with Gasteiger partial charge < -0.3 is 4.98 Å². The van der Waals surface area contributed by atoms with Crippen molar-refractivity contribution in [2.24, 2.45) is 0 Å². The quantitative estimate of drug-likeness (QED) is 0.697. The average molecular weight is 262 g/mol. The Bertz CT molecular complexity index is 714. The topological polar surface area (TPSA) is 28.7 Å². The third-order valence-corrected chi connectivity index (χ3v) is 2.94. The fourth-order valence-corrected chi connectivity index (χ4v) is 1.99. The van der Waals surface area contributed by atoms with Crippen molar-refractivity contribution >= 4 is 10.9 Å². The summed E-state index contributed by atoms with van der Waals surface area (Å²) in [5.41, 5.74) is 1.49. The summed E-state index contributed by atoms with van der Waals surface area (Å²) in [5.74, 6) is 0. The van der Waals surface area contributed by atoms with Crippen LogP contribution in [0.3, 0.4) is 0 Å². The van der Waals surface area contributed by atoms with Crippen molar-refractivity contribution in [1.29, 1.82) is 0 Å². The zero-order chi connectivity index (χ0) is 13.5. The van der Waals surface area contributed by atoms with E-state index in [-0.39, 0.29) is 0 Å². The fourth-order valence-electron chi connectivity index (χ4n) is 1.99. The standard InChI is InChI=1S/C14H9F3N2/c15-14(16,17)11-2-1-10-7-12(19-13(10)8-11)9-3-5-18-6-4-9/h1-8,19H. The molecule has 0 saturated heterocycles. The van der Waals surface area contributed by atoms with Gasteiger partial charge >= 0.3 is 6.18 Å². The van der Waals surface area contributed by atoms with Crippen LogP contribution in [-0.4, -0.2) is 9.97 Å². The predicted molar refractivity (Wildman–Crippen MR) is 66.5 cm³/mol. The summed E-state index contributed by atoms with van der Waals surface area (Å²) >= 11 is 0. The van der Waals surface area contributed by atoms with Crippen LogP contribution in [0.25, 0.3) is 22.2 Å². The summed E-state index contributed by atoms with van der Waals surface area (Å²) < 4.78 is 37.9. The zero-order valence-electron chi connectivity index (χ0n) is 9.70. The number of fused-ring (bicyclic) bond motifs is 1. The van der Waals surface area contributed by atoms with Crippen LogP contribution >= 0.6 is 0 Å². The monoisotopic (exact) mass is 262 g/mol. The molecule has 1 N–H and O–H groups in total. The highest BCUT2D eigenvalue weighted by Crippen LogP contribution is 2.32. The number of aromatic amines is 1. The number of H-pyrrole nitrogens is 1. The average Bonchev–Trinajstić information content (AvgIpc) is 2.81. The first kappa shape index (κ1) is 11.8. The molecule has 0 aliphatic carbocycles. The van der Waals surface area contributed by atoms with Crippen LogP contribution in [0, 0.1) is 0 Å². The van der Waals surface area contributed by atoms with Gasteiger partial charge in [-0.25, -0.2) is 0 Å². The first-order chi connectivity index (χ1) is 9.04. The Labute approximate surface area is 106 Å². The molecule has 0 amide bonds. The highest BCUT2D eigenvalue weighted by Gasteiger charge is 2.30. The second-order valence-electron chi connectivity index (χ2n) is 4.22. The summed E-state index contributed by atoms with van der Waals surface area (Å²) in [4.78, 5) is 6.91. The minimum Gasteiger partial charge on any atom is -0.355 e. The summed E-state index contributed by atoms with van der Waals surface area (Å²) in [7, 11) is 0. The Balaban J connectivity index is 2.12. The molecular formula is C14H9F3N2. The molecule has 0 atom stereocenters. The van der Waals surface area contributed by atoms with Gasteiger partial charge in [0.1, 0.15) is 0 Å². The molecule has 0 saturated carbocycles. The van der Waals surface area contributed by atoms with E-state index in [1.54, 1.807) is 24.5 Å². The van der Waals surface area contributed by atoms with E-state index in [2.05, 4.69) is 9.97 Å². The molecule has 96 valence electrons. The highest BCUT2D eigenvalue weighted by atomic mass is 19.4. The number of aromatic nitrogens is 2. The number of alkyl halides is 3. The molecule has 5 heteroatoms. The maximum Gasteiger partial charge on any atom is 0.416 e. The summed E-state index contributed by atoms with van der Waals surface area (Å²) in [6.07, 6.45) is -1.04. The lowest BCUT2D eigenvalue weighted by Gasteiger charge is -2.05. The van der Waals surface area contributed by atoms with Crippen LogP contribution in [0.2, 0.25) is 0 Å². The number of pyridine rings is 1. The predicted octanol–water partition coefficient (Wildman–Crippen LogP) is 4.25. The highest BCUT2D eigenvalue weighted by molar-refractivity contribution is 5.86. The molecule has 0 spiro atoms. The Morgan fingerprint density at radius 1 is 0.947 bits per heavy atom. The molecule has 3 aromatic rings. The zero-order valence-corrected chi connectivity index (χ0v) is 9.70. The largest absolute Gasteiger partial charge is 0.416 e. The second-order valence-corrected chi connectivity index (χ2v) is 4.22. The molecule has 1 aromatic carbocycles. The smallest absolute Gasteiger partial charge is 0.355 e. The van der Waals surface area contributed by atoms with Crippen LogP contribution in [-0.2, 0) is 6.18 Å². The number of hydrogen-bond acceptors (Lipinski definition) is 1. The number of nitrogens with zero attached hydrogens (tertiary/aromatic N) is 1. The minimum absolute atomic E-state index is 0.474. The van der Waals surface area contributed by atoms with E-state index < -0.39 is 11.7 Å². The van der Waals surface area contributed by atoms with Crippen molar-refractivity contribution in [3.8, 4) is 11.3 Å². The van der Waals surface area contributed by atoms with Crippen molar-refractivity contribution < 1.29 is 13.2 Å². The molecule has 0 unspecified atom stereocenters. The van der Waals surface area contributed by atoms with Crippen molar-refractivity contribution in [3.63, 3.8) is 0 Å². The third kappa shape index (κ3) is 2.19. The van der Waals surface area contributed by atoms with E-state index in [1.807, 2.05) is 6.07 Å². The number of nitrogens with one attached hydrogen (secondary N) is 1. The van der Waals surface area contributed by atoms with Gasteiger partial charge in [0.05, 0.1) is 5.56 Å². The Morgan fingerprint density at radius 3 is 2.37 bits per heavy atom. The van der Waals surface area contributed by atoms with E-state index in [9.17, 15) is 13.2 Å². The second kappa shape index (κ2) is 4.12. The lowest BCUT2D eigenvalue weighted by atomic mass is 10.1. The van der Waals surface area contributed by atoms with Crippen LogP contribution in [0.5, 0.6) is 0 Å². The van der Waals surface area contributed by atoms with Gasteiger partial charge in [-0.2, -0.15) is 13.2 Å². The van der Waals surface area contributed by atoms with Crippen LogP contribution in [0.1, 0.15) is 5.56 Å². The molecule has 0 radical (unpaired) electrons. The first-order valence-electron chi connectivity index (χ1n) is 5.64. The van der Waals surface area contributed by atoms with Gasteiger partial charge in [-0.3, -0.25) is 4.98 Å². The van der Waals surface area contributed by atoms with E-state index >= 15 is 0 Å². The maximum atomic E-state index is 12.6. The number of benzene rings is 1. The SMILES string of the molecule is FC(F)(F)c1ccc2cc(-c3ccncc3)[nH]c2c1. The van der Waals surface area contributed by atoms with Crippen molar-refractivity contribution in [1.82, 2.24) is 9.97 Å². The lowest BCUT2D eigenvalue weighted by Crippen LogP contribution is -2.03. The normalized spacial score (nSPS) is 11.9. The maximum absolute atomic E-state index is 12.6. The van der Waals surface area contributed by atoms with Gasteiger partial charge in [0.25, 0.3) is 0 Å². The first-order valence-corrected chi connectivity index (χ1v) is 5.64. The summed E-state index contributed by atoms with van der Waals surface area (Å²) in [5, 5.41) is 0.750. The van der Waals surface area contributed by atoms with Crippen LogP contribution < -0.4 is 0 Å². The van der Waals surface area contributed by atoms with Crippen molar-refractivity contribution in [3.05, 3.63) is 54.4 Å². The van der Waals surface area contributed by atoms with Gasteiger partial charge in [-0.1, -0.05) is 6.07 Å².